The van der Waals surface area contributed by atoms with Gasteiger partial charge in [-0.15, -0.1) is 0 Å². The lowest BCUT2D eigenvalue weighted by Gasteiger charge is -2.32. The lowest BCUT2D eigenvalue weighted by molar-refractivity contribution is 0.0384. The third kappa shape index (κ3) is 5.57. The van der Waals surface area contributed by atoms with Crippen LogP contribution in [0.5, 0.6) is 0 Å². The molecule has 4 heteroatoms. The van der Waals surface area contributed by atoms with Crippen molar-refractivity contribution < 1.29 is 15.3 Å². The van der Waals surface area contributed by atoms with Crippen LogP contribution < -0.4 is 5.73 Å². The van der Waals surface area contributed by atoms with E-state index in [9.17, 15) is 15.3 Å². The molecule has 3 unspecified atom stereocenters. The number of aliphatic hydroxyl groups excluding tert-OH is 3. The Morgan fingerprint density at radius 1 is 1.00 bits per heavy atom. The highest BCUT2D eigenvalue weighted by atomic mass is 16.3. The molecule has 0 aliphatic heterocycles. The van der Waals surface area contributed by atoms with Crippen LogP contribution in [0.15, 0.2) is 24.3 Å². The largest absolute Gasteiger partial charge is 0.394 e. The van der Waals surface area contributed by atoms with Gasteiger partial charge in [-0.3, -0.25) is 0 Å². The van der Waals surface area contributed by atoms with Crippen molar-refractivity contribution in [2.75, 3.05) is 6.61 Å². The van der Waals surface area contributed by atoms with Crippen molar-refractivity contribution >= 4 is 0 Å². The van der Waals surface area contributed by atoms with E-state index in [0.717, 1.165) is 24.8 Å². The lowest BCUT2D eigenvalue weighted by Crippen LogP contribution is -2.50. The maximum absolute atomic E-state index is 10.3. The monoisotopic (exact) mass is 323 g/mol. The van der Waals surface area contributed by atoms with Crippen LogP contribution in [-0.2, 0) is 5.54 Å². The summed E-state index contributed by atoms with van der Waals surface area (Å²) in [4.78, 5) is 0. The van der Waals surface area contributed by atoms with Gasteiger partial charge in [-0.25, -0.2) is 0 Å². The van der Waals surface area contributed by atoms with E-state index in [-0.39, 0.29) is 6.61 Å². The molecule has 0 amide bonds. The first-order chi connectivity index (χ1) is 11.0. The number of hydrogen-bond donors (Lipinski definition) is 4. The Balaban J connectivity index is 2.64. The molecule has 4 nitrogen and oxygen atoms in total. The predicted octanol–water partition coefficient (Wildman–Crippen LogP) is 3.00. The van der Waals surface area contributed by atoms with Gasteiger partial charge in [-0.2, -0.15) is 0 Å². The third-order valence-electron chi connectivity index (χ3n) is 4.66. The minimum absolute atomic E-state index is 0.318. The summed E-state index contributed by atoms with van der Waals surface area (Å²) < 4.78 is 0. The summed E-state index contributed by atoms with van der Waals surface area (Å²) in [5.41, 5.74) is 6.55. The highest BCUT2D eigenvalue weighted by Gasteiger charge is 2.34. The Bertz CT molecular complexity index is 435. The quantitative estimate of drug-likeness (QED) is 0.472. The molecular weight excluding hydrogens is 290 g/mol. The van der Waals surface area contributed by atoms with Crippen LogP contribution >= 0.6 is 0 Å². The zero-order valence-corrected chi connectivity index (χ0v) is 14.5. The van der Waals surface area contributed by atoms with Crippen LogP contribution in [0.2, 0.25) is 0 Å². The number of nitrogens with two attached hydrogens (primary N) is 1. The molecule has 0 spiro atoms. The van der Waals surface area contributed by atoms with Crippen molar-refractivity contribution in [3.63, 3.8) is 0 Å². The van der Waals surface area contributed by atoms with E-state index in [1.54, 1.807) is 12.1 Å². The summed E-state index contributed by atoms with van der Waals surface area (Å²) in [5.74, 6) is 0. The predicted molar refractivity (Wildman–Crippen MR) is 94.0 cm³/mol. The Labute approximate surface area is 140 Å². The summed E-state index contributed by atoms with van der Waals surface area (Å²) >= 11 is 0. The maximum Gasteiger partial charge on any atom is 0.0906 e. The van der Waals surface area contributed by atoms with E-state index in [0.29, 0.717) is 12.0 Å². The second-order valence-electron chi connectivity index (χ2n) is 6.46. The fraction of sp³-hybridized carbons (Fsp3) is 0.684. The molecule has 132 valence electrons. The Hall–Kier alpha value is -0.940. The van der Waals surface area contributed by atoms with E-state index < -0.39 is 17.7 Å². The van der Waals surface area contributed by atoms with Crippen molar-refractivity contribution in [3.8, 4) is 0 Å². The van der Waals surface area contributed by atoms with Crippen molar-refractivity contribution in [3.05, 3.63) is 35.4 Å². The van der Waals surface area contributed by atoms with Gasteiger partial charge >= 0.3 is 0 Å². The number of aliphatic hydroxyl groups is 3. The number of rotatable bonds is 11. The molecule has 0 saturated carbocycles. The van der Waals surface area contributed by atoms with Crippen molar-refractivity contribution in [2.45, 2.75) is 76.5 Å². The second-order valence-corrected chi connectivity index (χ2v) is 6.46. The highest BCUT2D eigenvalue weighted by Crippen LogP contribution is 2.27. The second kappa shape index (κ2) is 10.0. The van der Waals surface area contributed by atoms with E-state index >= 15 is 0 Å². The van der Waals surface area contributed by atoms with Crippen molar-refractivity contribution in [1.82, 2.24) is 0 Å². The van der Waals surface area contributed by atoms with Crippen LogP contribution in [0.3, 0.4) is 0 Å². The van der Waals surface area contributed by atoms with E-state index in [4.69, 9.17) is 5.73 Å². The van der Waals surface area contributed by atoms with E-state index in [2.05, 4.69) is 6.92 Å². The molecule has 5 N–H and O–H groups in total. The number of hydrogen-bond acceptors (Lipinski definition) is 4. The molecule has 1 rings (SSSR count). The van der Waals surface area contributed by atoms with Gasteiger partial charge in [0, 0.05) is 0 Å². The fourth-order valence-electron chi connectivity index (χ4n) is 2.88. The topological polar surface area (TPSA) is 86.7 Å². The zero-order chi connectivity index (χ0) is 17.3. The minimum atomic E-state index is -1.15. The number of unbranched alkanes of at least 4 members (excludes halogenated alkanes) is 4. The Kier molecular flexibility index (Phi) is 8.77. The average Bonchev–Trinajstić information content (AvgIpc) is 2.60. The summed E-state index contributed by atoms with van der Waals surface area (Å²) in [7, 11) is 0. The van der Waals surface area contributed by atoms with Crippen molar-refractivity contribution in [1.29, 1.82) is 0 Å². The normalized spacial score (nSPS) is 16.8. The first kappa shape index (κ1) is 20.1. The van der Waals surface area contributed by atoms with Gasteiger partial charge < -0.3 is 21.1 Å². The fourth-order valence-corrected chi connectivity index (χ4v) is 2.88. The highest BCUT2D eigenvalue weighted by molar-refractivity contribution is 5.30. The maximum atomic E-state index is 10.3. The van der Waals surface area contributed by atoms with Gasteiger partial charge in [0.15, 0.2) is 0 Å². The third-order valence-corrected chi connectivity index (χ3v) is 4.66. The van der Waals surface area contributed by atoms with Gasteiger partial charge in [0.2, 0.25) is 0 Å². The van der Waals surface area contributed by atoms with E-state index in [1.807, 2.05) is 19.1 Å². The first-order valence-electron chi connectivity index (χ1n) is 8.85. The van der Waals surface area contributed by atoms with Gasteiger partial charge in [-0.05, 0) is 24.0 Å². The summed E-state index contributed by atoms with van der Waals surface area (Å²) in [6, 6.07) is 7.27. The molecule has 0 aromatic heterocycles. The van der Waals surface area contributed by atoms with Gasteiger partial charge in [0.1, 0.15) is 0 Å². The summed E-state index contributed by atoms with van der Waals surface area (Å²) in [5, 5.41) is 29.9. The van der Waals surface area contributed by atoms with Crippen LogP contribution in [0, 0.1) is 0 Å². The molecule has 1 aromatic rings. The molecule has 0 aliphatic rings. The van der Waals surface area contributed by atoms with Crippen molar-refractivity contribution in [2.24, 2.45) is 5.73 Å². The van der Waals surface area contributed by atoms with Gasteiger partial charge in [0.05, 0.1) is 24.4 Å². The molecule has 0 saturated heterocycles. The molecule has 1 aromatic carbocycles. The average molecular weight is 323 g/mol. The van der Waals surface area contributed by atoms with Gasteiger partial charge in [0.25, 0.3) is 0 Å². The minimum Gasteiger partial charge on any atom is -0.394 e. The number of benzene rings is 1. The molecular formula is C19H33NO3. The summed E-state index contributed by atoms with van der Waals surface area (Å²) in [6.45, 7) is 3.70. The molecule has 23 heavy (non-hydrogen) atoms. The van der Waals surface area contributed by atoms with Crippen LogP contribution in [0.4, 0.5) is 0 Å². The first-order valence-corrected chi connectivity index (χ1v) is 8.85. The standard InChI is InChI=1S/C19H33NO3/c1-3-5-6-7-8-9-17(22)15-10-12-16(13-11-15)19(20,14-21)18(23)4-2/h10-13,17-18,21-23H,3-9,14,20H2,1-2H3. The Morgan fingerprint density at radius 3 is 2.13 bits per heavy atom. The lowest BCUT2D eigenvalue weighted by atomic mass is 9.84. The van der Waals surface area contributed by atoms with Crippen LogP contribution in [0.1, 0.15) is 76.0 Å². The zero-order valence-electron chi connectivity index (χ0n) is 14.5. The molecule has 0 radical (unpaired) electrons. The molecule has 0 bridgehead atoms. The van der Waals surface area contributed by atoms with Gasteiger partial charge in [-0.1, -0.05) is 70.2 Å². The molecule has 0 heterocycles. The van der Waals surface area contributed by atoms with Crippen LogP contribution in [-0.4, -0.2) is 28.0 Å². The summed E-state index contributed by atoms with van der Waals surface area (Å²) in [6.07, 6.45) is 5.84. The smallest absolute Gasteiger partial charge is 0.0906 e. The SMILES string of the molecule is CCCCCCCC(O)c1ccc(C(N)(CO)C(O)CC)cc1. The molecule has 3 atom stereocenters. The van der Waals surface area contributed by atoms with E-state index in [1.165, 1.54) is 19.3 Å². The molecule has 0 fully saturated rings. The Morgan fingerprint density at radius 2 is 1.61 bits per heavy atom. The van der Waals surface area contributed by atoms with Crippen LogP contribution in [0.25, 0.3) is 0 Å². The molecule has 0 aliphatic carbocycles.